The lowest BCUT2D eigenvalue weighted by atomic mass is 9.89. The summed E-state index contributed by atoms with van der Waals surface area (Å²) in [7, 11) is 0. The first-order chi connectivity index (χ1) is 14.2. The van der Waals surface area contributed by atoms with Gasteiger partial charge < -0.3 is 19.4 Å². The van der Waals surface area contributed by atoms with Crippen LogP contribution in [-0.2, 0) is 4.79 Å². The predicted octanol–water partition coefficient (Wildman–Crippen LogP) is 4.14. The van der Waals surface area contributed by atoms with Crippen LogP contribution in [0, 0.1) is 0 Å². The zero-order valence-electron chi connectivity index (χ0n) is 16.8. The second kappa shape index (κ2) is 8.99. The number of nitrogens with one attached hydrogen (secondary N) is 1. The van der Waals surface area contributed by atoms with Gasteiger partial charge in [0.15, 0.2) is 6.61 Å². The highest BCUT2D eigenvalue weighted by Gasteiger charge is 2.25. The van der Waals surface area contributed by atoms with E-state index in [0.29, 0.717) is 18.3 Å². The van der Waals surface area contributed by atoms with Crippen molar-refractivity contribution in [2.24, 2.45) is 0 Å². The Bertz CT molecular complexity index is 943. The van der Waals surface area contributed by atoms with Gasteiger partial charge in [0, 0.05) is 30.9 Å². The maximum atomic E-state index is 12.5. The Morgan fingerprint density at radius 2 is 1.86 bits per heavy atom. The Hall–Kier alpha value is -3.02. The van der Waals surface area contributed by atoms with Gasteiger partial charge in [-0.05, 0) is 67.1 Å². The summed E-state index contributed by atoms with van der Waals surface area (Å²) in [6.45, 7) is 4.34. The second-order valence-corrected chi connectivity index (χ2v) is 7.41. The number of aromatic nitrogens is 2. The van der Waals surface area contributed by atoms with Gasteiger partial charge in [0.05, 0.1) is 6.61 Å². The highest BCUT2D eigenvalue weighted by Crippen LogP contribution is 2.32. The molecule has 1 N–H and O–H groups in total. The molecule has 1 aromatic carbocycles. The summed E-state index contributed by atoms with van der Waals surface area (Å²) in [5, 5.41) is 1.19. The van der Waals surface area contributed by atoms with E-state index in [4.69, 9.17) is 9.47 Å². The Kier molecular flexibility index (Phi) is 5.98. The molecule has 0 radical (unpaired) electrons. The van der Waals surface area contributed by atoms with Crippen LogP contribution in [0.1, 0.15) is 37.7 Å². The van der Waals surface area contributed by atoms with Gasteiger partial charge in [-0.25, -0.2) is 4.98 Å². The third kappa shape index (κ3) is 4.53. The summed E-state index contributed by atoms with van der Waals surface area (Å²) in [6, 6.07) is 11.5. The normalized spacial score (nSPS) is 14.9. The van der Waals surface area contributed by atoms with Crippen molar-refractivity contribution in [1.82, 2.24) is 14.9 Å². The van der Waals surface area contributed by atoms with Crippen LogP contribution in [0.25, 0.3) is 11.0 Å². The number of nitrogens with zero attached hydrogens (tertiary/aromatic N) is 2. The highest BCUT2D eigenvalue weighted by molar-refractivity contribution is 5.80. The molecule has 3 heterocycles. The zero-order chi connectivity index (χ0) is 20.1. The molecule has 6 nitrogen and oxygen atoms in total. The molecule has 2 aromatic heterocycles. The monoisotopic (exact) mass is 393 g/mol. The average molecular weight is 393 g/mol. The molecular weight excluding hydrogens is 366 g/mol. The van der Waals surface area contributed by atoms with Gasteiger partial charge in [-0.1, -0.05) is 6.92 Å². The number of ether oxygens (including phenoxy) is 2. The molecule has 1 fully saturated rings. The standard InChI is InChI=1S/C23H27N3O3/c1-2-14-28-18-5-7-19(8-6-18)29-16-22(27)26-12-9-17(10-13-26)21-15-25-23-20(21)4-3-11-24-23/h3-8,11,15,17H,2,9-10,12-14,16H2,1H3,(H,24,25). The van der Waals surface area contributed by atoms with Crippen LogP contribution in [0.3, 0.4) is 0 Å². The lowest BCUT2D eigenvalue weighted by Gasteiger charge is -2.32. The lowest BCUT2D eigenvalue weighted by molar-refractivity contribution is -0.134. The van der Waals surface area contributed by atoms with Crippen molar-refractivity contribution >= 4 is 16.9 Å². The lowest BCUT2D eigenvalue weighted by Crippen LogP contribution is -2.40. The highest BCUT2D eigenvalue weighted by atomic mass is 16.5. The number of benzene rings is 1. The molecule has 6 heteroatoms. The predicted molar refractivity (Wildman–Crippen MR) is 112 cm³/mol. The van der Waals surface area contributed by atoms with E-state index in [0.717, 1.165) is 43.7 Å². The van der Waals surface area contributed by atoms with Crippen molar-refractivity contribution in [1.29, 1.82) is 0 Å². The molecular formula is C23H27N3O3. The molecule has 0 saturated carbocycles. The molecule has 0 aliphatic carbocycles. The number of rotatable bonds is 7. The van der Waals surface area contributed by atoms with E-state index < -0.39 is 0 Å². The number of H-pyrrole nitrogens is 1. The van der Waals surface area contributed by atoms with Crippen molar-refractivity contribution < 1.29 is 14.3 Å². The maximum absolute atomic E-state index is 12.5. The molecule has 0 spiro atoms. The minimum absolute atomic E-state index is 0.0374. The van der Waals surface area contributed by atoms with Crippen LogP contribution in [-0.4, -0.2) is 47.1 Å². The van der Waals surface area contributed by atoms with Crippen LogP contribution >= 0.6 is 0 Å². The maximum Gasteiger partial charge on any atom is 0.260 e. The van der Waals surface area contributed by atoms with Crippen LogP contribution in [0.15, 0.2) is 48.8 Å². The van der Waals surface area contributed by atoms with Gasteiger partial charge >= 0.3 is 0 Å². The first-order valence-electron chi connectivity index (χ1n) is 10.3. The molecule has 1 saturated heterocycles. The minimum atomic E-state index is 0.0374. The van der Waals surface area contributed by atoms with Crippen LogP contribution in [0.5, 0.6) is 11.5 Å². The molecule has 152 valence electrons. The SMILES string of the molecule is CCCOc1ccc(OCC(=O)N2CCC(c3c[nH]c4ncccc34)CC2)cc1. The Morgan fingerprint density at radius 3 is 2.59 bits per heavy atom. The molecule has 1 aliphatic heterocycles. The van der Waals surface area contributed by atoms with E-state index in [-0.39, 0.29) is 12.5 Å². The fourth-order valence-electron chi connectivity index (χ4n) is 3.84. The molecule has 1 aliphatic rings. The molecule has 0 unspecified atom stereocenters. The number of pyridine rings is 1. The van der Waals surface area contributed by atoms with Gasteiger partial charge in [0.1, 0.15) is 17.1 Å². The number of hydrogen-bond acceptors (Lipinski definition) is 4. The van der Waals surface area contributed by atoms with Crippen LogP contribution in [0.4, 0.5) is 0 Å². The van der Waals surface area contributed by atoms with Crippen LogP contribution < -0.4 is 9.47 Å². The van der Waals surface area contributed by atoms with Gasteiger partial charge in [-0.2, -0.15) is 0 Å². The molecule has 0 atom stereocenters. The summed E-state index contributed by atoms with van der Waals surface area (Å²) < 4.78 is 11.2. The molecule has 1 amide bonds. The molecule has 29 heavy (non-hydrogen) atoms. The number of likely N-dealkylation sites (tertiary alicyclic amines) is 1. The number of carbonyl (C=O) groups is 1. The number of aromatic amines is 1. The van der Waals surface area contributed by atoms with Crippen molar-refractivity contribution in [3.63, 3.8) is 0 Å². The van der Waals surface area contributed by atoms with Crippen molar-refractivity contribution in [3.8, 4) is 11.5 Å². The van der Waals surface area contributed by atoms with E-state index in [1.54, 1.807) is 6.20 Å². The summed E-state index contributed by atoms with van der Waals surface area (Å²) in [6.07, 6.45) is 6.75. The number of fused-ring (bicyclic) bond motifs is 1. The van der Waals surface area contributed by atoms with E-state index in [1.807, 2.05) is 35.2 Å². The molecule has 3 aromatic rings. The minimum Gasteiger partial charge on any atom is -0.494 e. The summed E-state index contributed by atoms with van der Waals surface area (Å²) in [5.74, 6) is 1.99. The van der Waals surface area contributed by atoms with E-state index in [9.17, 15) is 4.79 Å². The van der Waals surface area contributed by atoms with Gasteiger partial charge in [-0.15, -0.1) is 0 Å². The number of carbonyl (C=O) groups excluding carboxylic acids is 1. The molecule has 4 rings (SSSR count). The smallest absolute Gasteiger partial charge is 0.260 e. The van der Waals surface area contributed by atoms with E-state index in [2.05, 4.69) is 29.2 Å². The van der Waals surface area contributed by atoms with Gasteiger partial charge in [-0.3, -0.25) is 4.79 Å². The van der Waals surface area contributed by atoms with Crippen LogP contribution in [0.2, 0.25) is 0 Å². The second-order valence-electron chi connectivity index (χ2n) is 7.41. The topological polar surface area (TPSA) is 67.5 Å². The van der Waals surface area contributed by atoms with Crippen molar-refractivity contribution in [3.05, 3.63) is 54.4 Å². The zero-order valence-corrected chi connectivity index (χ0v) is 16.8. The number of piperidine rings is 1. The average Bonchev–Trinajstić information content (AvgIpc) is 3.21. The fraction of sp³-hybridized carbons (Fsp3) is 0.391. The first-order valence-corrected chi connectivity index (χ1v) is 10.3. The number of hydrogen-bond donors (Lipinski definition) is 1. The van der Waals surface area contributed by atoms with Gasteiger partial charge in [0.2, 0.25) is 0 Å². The third-order valence-corrected chi connectivity index (χ3v) is 5.43. The number of amides is 1. The quantitative estimate of drug-likeness (QED) is 0.655. The Labute approximate surface area is 170 Å². The molecule has 0 bridgehead atoms. The van der Waals surface area contributed by atoms with E-state index >= 15 is 0 Å². The Morgan fingerprint density at radius 1 is 1.14 bits per heavy atom. The first kappa shape index (κ1) is 19.3. The largest absolute Gasteiger partial charge is 0.494 e. The van der Waals surface area contributed by atoms with Crippen molar-refractivity contribution in [2.75, 3.05) is 26.3 Å². The summed E-state index contributed by atoms with van der Waals surface area (Å²) in [4.78, 5) is 22.1. The van der Waals surface area contributed by atoms with E-state index in [1.165, 1.54) is 10.9 Å². The van der Waals surface area contributed by atoms with Gasteiger partial charge in [0.25, 0.3) is 5.91 Å². The summed E-state index contributed by atoms with van der Waals surface area (Å²) >= 11 is 0. The summed E-state index contributed by atoms with van der Waals surface area (Å²) in [5.41, 5.74) is 2.24. The third-order valence-electron chi connectivity index (χ3n) is 5.43. The van der Waals surface area contributed by atoms with Crippen molar-refractivity contribution in [2.45, 2.75) is 32.1 Å². The Balaban J connectivity index is 1.27. The fourth-order valence-corrected chi connectivity index (χ4v) is 3.84.